The summed E-state index contributed by atoms with van der Waals surface area (Å²) in [5.74, 6) is -0.975. The van der Waals surface area contributed by atoms with Gasteiger partial charge in [0, 0.05) is 25.3 Å². The summed E-state index contributed by atoms with van der Waals surface area (Å²) in [6.45, 7) is 3.80. The number of para-hydroxylation sites is 1. The topological polar surface area (TPSA) is 75.7 Å². The van der Waals surface area contributed by atoms with E-state index in [1.807, 2.05) is 54.6 Å². The number of nitrogens with one attached hydrogen (secondary N) is 1. The van der Waals surface area contributed by atoms with Crippen LogP contribution in [0.1, 0.15) is 17.5 Å². The fourth-order valence-corrected chi connectivity index (χ4v) is 4.58. The molecule has 1 aliphatic heterocycles. The van der Waals surface area contributed by atoms with Gasteiger partial charge in [-0.15, -0.1) is 0 Å². The van der Waals surface area contributed by atoms with Gasteiger partial charge in [-0.25, -0.2) is 8.42 Å². The van der Waals surface area contributed by atoms with Crippen molar-refractivity contribution < 1.29 is 17.9 Å². The molecular weight excluding hydrogens is 388 g/mol. The number of carbonyl (C=O) groups excluding carboxylic acids is 1. The predicted molar refractivity (Wildman–Crippen MR) is 115 cm³/mol. The Morgan fingerprint density at radius 2 is 1.69 bits per heavy atom. The molecule has 1 saturated heterocycles. The Morgan fingerprint density at radius 1 is 1.00 bits per heavy atom. The summed E-state index contributed by atoms with van der Waals surface area (Å²) in [5.41, 5.74) is 2.75. The maximum Gasteiger partial charge on any atom is 0.239 e. The SMILES string of the molecule is O=C(CS(=O)(=O)CCCc1ccccc1)Nc1ccccc1CN1CCOCC1. The molecule has 0 unspecified atom stereocenters. The molecule has 1 heterocycles. The number of ether oxygens (including phenoxy) is 1. The van der Waals surface area contributed by atoms with Crippen LogP contribution in [0.5, 0.6) is 0 Å². The summed E-state index contributed by atoms with van der Waals surface area (Å²) in [6.07, 6.45) is 1.19. The smallest absolute Gasteiger partial charge is 0.239 e. The molecule has 0 saturated carbocycles. The van der Waals surface area contributed by atoms with Gasteiger partial charge in [0.1, 0.15) is 5.75 Å². The molecule has 0 aliphatic carbocycles. The minimum Gasteiger partial charge on any atom is -0.379 e. The number of amides is 1. The number of morpholine rings is 1. The molecule has 2 aromatic rings. The van der Waals surface area contributed by atoms with Crippen LogP contribution in [0.2, 0.25) is 0 Å². The van der Waals surface area contributed by atoms with Gasteiger partial charge in [0.15, 0.2) is 9.84 Å². The largest absolute Gasteiger partial charge is 0.379 e. The van der Waals surface area contributed by atoms with Crippen molar-refractivity contribution >= 4 is 21.4 Å². The zero-order chi connectivity index (χ0) is 20.5. The Bertz CT molecular complexity index is 894. The van der Waals surface area contributed by atoms with Crippen molar-refractivity contribution in [3.63, 3.8) is 0 Å². The monoisotopic (exact) mass is 416 g/mol. The lowest BCUT2D eigenvalue weighted by Gasteiger charge is -2.27. The molecule has 6 nitrogen and oxygen atoms in total. The molecule has 2 aromatic carbocycles. The van der Waals surface area contributed by atoms with Gasteiger partial charge >= 0.3 is 0 Å². The molecule has 1 aliphatic rings. The van der Waals surface area contributed by atoms with Crippen molar-refractivity contribution in [3.05, 3.63) is 65.7 Å². The first-order valence-corrected chi connectivity index (χ1v) is 11.8. The van der Waals surface area contributed by atoms with Crippen LogP contribution in [-0.2, 0) is 32.3 Å². The fourth-order valence-electron chi connectivity index (χ4n) is 3.38. The van der Waals surface area contributed by atoms with E-state index in [1.54, 1.807) is 0 Å². The molecule has 156 valence electrons. The molecule has 3 rings (SSSR count). The van der Waals surface area contributed by atoms with Crippen molar-refractivity contribution in [2.45, 2.75) is 19.4 Å². The zero-order valence-electron chi connectivity index (χ0n) is 16.5. The number of anilines is 1. The summed E-state index contributed by atoms with van der Waals surface area (Å²) in [7, 11) is -3.45. The molecule has 0 bridgehead atoms. The third kappa shape index (κ3) is 7.27. The Balaban J connectivity index is 1.51. The van der Waals surface area contributed by atoms with E-state index in [-0.39, 0.29) is 5.75 Å². The number of benzene rings is 2. The Labute approximate surface area is 172 Å². The van der Waals surface area contributed by atoms with E-state index >= 15 is 0 Å². The van der Waals surface area contributed by atoms with Crippen LogP contribution < -0.4 is 5.32 Å². The standard InChI is InChI=1S/C22H28N2O4S/c25-22(18-29(26,27)16-6-9-19-7-2-1-3-8-19)23-21-11-5-4-10-20(21)17-24-12-14-28-15-13-24/h1-5,7-8,10-11H,6,9,12-18H2,(H,23,25). The van der Waals surface area contributed by atoms with Gasteiger partial charge in [-0.1, -0.05) is 48.5 Å². The molecule has 0 spiro atoms. The summed E-state index contributed by atoms with van der Waals surface area (Å²) in [6, 6.07) is 17.3. The number of carbonyl (C=O) groups is 1. The average molecular weight is 417 g/mol. The summed E-state index contributed by atoms with van der Waals surface area (Å²) in [4.78, 5) is 14.6. The first kappa shape index (κ1) is 21.5. The van der Waals surface area contributed by atoms with Crippen LogP contribution in [0.15, 0.2) is 54.6 Å². The quantitative estimate of drug-likeness (QED) is 0.680. The van der Waals surface area contributed by atoms with Crippen LogP contribution in [0, 0.1) is 0 Å². The number of nitrogens with zero attached hydrogens (tertiary/aromatic N) is 1. The third-order valence-electron chi connectivity index (χ3n) is 4.90. The molecule has 7 heteroatoms. The number of sulfone groups is 1. The second-order valence-corrected chi connectivity index (χ2v) is 9.46. The fraction of sp³-hybridized carbons (Fsp3) is 0.409. The van der Waals surface area contributed by atoms with E-state index in [1.165, 1.54) is 0 Å². The molecule has 1 fully saturated rings. The van der Waals surface area contributed by atoms with Gasteiger partial charge in [0.2, 0.25) is 5.91 Å². The van der Waals surface area contributed by atoms with E-state index in [0.717, 1.165) is 24.2 Å². The van der Waals surface area contributed by atoms with Crippen molar-refractivity contribution in [2.75, 3.05) is 43.1 Å². The maximum atomic E-state index is 12.4. The lowest BCUT2D eigenvalue weighted by molar-refractivity contribution is -0.113. The van der Waals surface area contributed by atoms with Gasteiger partial charge < -0.3 is 10.1 Å². The Morgan fingerprint density at radius 3 is 2.45 bits per heavy atom. The molecule has 1 N–H and O–H groups in total. The van der Waals surface area contributed by atoms with Crippen molar-refractivity contribution in [2.24, 2.45) is 0 Å². The number of hydrogen-bond donors (Lipinski definition) is 1. The van der Waals surface area contributed by atoms with Crippen LogP contribution in [0.4, 0.5) is 5.69 Å². The summed E-state index contributed by atoms with van der Waals surface area (Å²) in [5, 5.41) is 2.79. The minimum atomic E-state index is -3.45. The van der Waals surface area contributed by atoms with Gasteiger partial charge in [-0.05, 0) is 30.0 Å². The van der Waals surface area contributed by atoms with E-state index < -0.39 is 21.5 Å². The molecule has 0 aromatic heterocycles. The predicted octanol–water partition coefficient (Wildman–Crippen LogP) is 2.50. The number of aryl methyl sites for hydroxylation is 1. The van der Waals surface area contributed by atoms with E-state index in [0.29, 0.717) is 38.3 Å². The van der Waals surface area contributed by atoms with Gasteiger partial charge in [0.05, 0.1) is 19.0 Å². The van der Waals surface area contributed by atoms with Gasteiger partial charge in [0.25, 0.3) is 0 Å². The first-order valence-electron chi connectivity index (χ1n) is 9.94. The Kier molecular flexibility index (Phi) is 7.80. The number of hydrogen-bond acceptors (Lipinski definition) is 5. The average Bonchev–Trinajstić information content (AvgIpc) is 2.70. The van der Waals surface area contributed by atoms with Crippen LogP contribution in [0.3, 0.4) is 0 Å². The lowest BCUT2D eigenvalue weighted by Crippen LogP contribution is -2.36. The highest BCUT2D eigenvalue weighted by atomic mass is 32.2. The molecular formula is C22H28N2O4S. The maximum absolute atomic E-state index is 12.4. The van der Waals surface area contributed by atoms with Crippen LogP contribution in [0.25, 0.3) is 0 Å². The highest BCUT2D eigenvalue weighted by molar-refractivity contribution is 7.92. The normalized spacial score (nSPS) is 15.2. The van der Waals surface area contributed by atoms with E-state index in [2.05, 4.69) is 10.2 Å². The molecule has 1 amide bonds. The second-order valence-electron chi connectivity index (χ2n) is 7.28. The van der Waals surface area contributed by atoms with Crippen molar-refractivity contribution in [3.8, 4) is 0 Å². The van der Waals surface area contributed by atoms with Crippen LogP contribution >= 0.6 is 0 Å². The number of rotatable bonds is 9. The van der Waals surface area contributed by atoms with E-state index in [9.17, 15) is 13.2 Å². The summed E-state index contributed by atoms with van der Waals surface area (Å²) >= 11 is 0. The highest BCUT2D eigenvalue weighted by Crippen LogP contribution is 2.18. The molecule has 29 heavy (non-hydrogen) atoms. The van der Waals surface area contributed by atoms with Crippen molar-refractivity contribution in [1.29, 1.82) is 0 Å². The van der Waals surface area contributed by atoms with Gasteiger partial charge in [-0.2, -0.15) is 0 Å². The van der Waals surface area contributed by atoms with Crippen molar-refractivity contribution in [1.82, 2.24) is 4.90 Å². The first-order chi connectivity index (χ1) is 14.0. The molecule has 0 atom stereocenters. The summed E-state index contributed by atoms with van der Waals surface area (Å²) < 4.78 is 30.0. The Hall–Kier alpha value is -2.22. The highest BCUT2D eigenvalue weighted by Gasteiger charge is 2.18. The second kappa shape index (κ2) is 10.5. The third-order valence-corrected chi connectivity index (χ3v) is 6.52. The van der Waals surface area contributed by atoms with Gasteiger partial charge in [-0.3, -0.25) is 9.69 Å². The zero-order valence-corrected chi connectivity index (χ0v) is 17.4. The lowest BCUT2D eigenvalue weighted by atomic mass is 10.1. The minimum absolute atomic E-state index is 0.00470. The van der Waals surface area contributed by atoms with E-state index in [4.69, 9.17) is 4.74 Å². The van der Waals surface area contributed by atoms with Crippen LogP contribution in [-0.4, -0.2) is 57.0 Å². The molecule has 0 radical (unpaired) electrons.